The van der Waals surface area contributed by atoms with Gasteiger partial charge >= 0.3 is 0 Å². The van der Waals surface area contributed by atoms with Crippen LogP contribution in [0.3, 0.4) is 0 Å². The second kappa shape index (κ2) is 7.79. The zero-order valence-electron chi connectivity index (χ0n) is 13.1. The summed E-state index contributed by atoms with van der Waals surface area (Å²) in [5.74, 6) is 0.901. The van der Waals surface area contributed by atoms with Crippen molar-refractivity contribution in [1.29, 1.82) is 0 Å². The molecule has 1 aromatic heterocycles. The molecule has 0 fully saturated rings. The fraction of sp³-hybridized carbons (Fsp3) is 0.389. The van der Waals surface area contributed by atoms with Crippen LogP contribution in [-0.4, -0.2) is 18.1 Å². The van der Waals surface area contributed by atoms with Crippen molar-refractivity contribution in [2.24, 2.45) is 0 Å². The molecule has 0 atom stereocenters. The Balaban J connectivity index is 2.11. The fourth-order valence-corrected chi connectivity index (χ4v) is 2.23. The molecule has 0 aliphatic carbocycles. The molecule has 0 spiro atoms. The Kier molecular flexibility index (Phi) is 5.76. The van der Waals surface area contributed by atoms with Gasteiger partial charge in [0.2, 0.25) is 0 Å². The molecular weight excluding hydrogens is 260 g/mol. The van der Waals surface area contributed by atoms with Crippen LogP contribution in [0, 0.1) is 6.92 Å². The Morgan fingerprint density at radius 1 is 1.05 bits per heavy atom. The van der Waals surface area contributed by atoms with Crippen molar-refractivity contribution in [2.45, 2.75) is 33.7 Å². The summed E-state index contributed by atoms with van der Waals surface area (Å²) in [5.41, 5.74) is 4.48. The Bertz CT molecular complexity index is 564. The summed E-state index contributed by atoms with van der Waals surface area (Å²) in [6.07, 6.45) is 1.15. The first-order chi connectivity index (χ1) is 10.2. The molecule has 2 aromatic rings. The summed E-state index contributed by atoms with van der Waals surface area (Å²) in [6, 6.07) is 12.4. The van der Waals surface area contributed by atoms with Crippen LogP contribution < -0.4 is 10.1 Å². The monoisotopic (exact) mass is 284 g/mol. The van der Waals surface area contributed by atoms with Crippen molar-refractivity contribution >= 4 is 0 Å². The summed E-state index contributed by atoms with van der Waals surface area (Å²) < 4.78 is 5.47. The molecule has 0 saturated heterocycles. The molecule has 0 saturated carbocycles. The van der Waals surface area contributed by atoms with Crippen molar-refractivity contribution in [3.63, 3.8) is 0 Å². The third-order valence-corrected chi connectivity index (χ3v) is 3.40. The Hall–Kier alpha value is -1.87. The van der Waals surface area contributed by atoms with Crippen molar-refractivity contribution in [1.82, 2.24) is 10.3 Å². The number of rotatable bonds is 7. The van der Waals surface area contributed by atoms with Gasteiger partial charge in [-0.2, -0.15) is 0 Å². The molecule has 1 aromatic carbocycles. The van der Waals surface area contributed by atoms with Gasteiger partial charge in [0.1, 0.15) is 5.75 Å². The van der Waals surface area contributed by atoms with E-state index in [1.807, 2.05) is 19.1 Å². The number of nitrogens with zero attached hydrogens (tertiary/aromatic N) is 1. The molecule has 1 N–H and O–H groups in total. The van der Waals surface area contributed by atoms with Gasteiger partial charge in [-0.15, -0.1) is 0 Å². The zero-order chi connectivity index (χ0) is 15.1. The van der Waals surface area contributed by atoms with E-state index < -0.39 is 0 Å². The number of pyridine rings is 1. The second-order valence-electron chi connectivity index (χ2n) is 5.08. The second-order valence-corrected chi connectivity index (χ2v) is 5.08. The average Bonchev–Trinajstić information content (AvgIpc) is 2.50. The highest BCUT2D eigenvalue weighted by atomic mass is 16.5. The third kappa shape index (κ3) is 4.30. The van der Waals surface area contributed by atoms with Gasteiger partial charge < -0.3 is 10.1 Å². The van der Waals surface area contributed by atoms with Crippen LogP contribution >= 0.6 is 0 Å². The highest BCUT2D eigenvalue weighted by Crippen LogP contribution is 2.22. The molecule has 0 bridgehead atoms. The van der Waals surface area contributed by atoms with Crippen LogP contribution in [0.25, 0.3) is 11.3 Å². The molecule has 1 heterocycles. The van der Waals surface area contributed by atoms with Crippen molar-refractivity contribution < 1.29 is 4.74 Å². The van der Waals surface area contributed by atoms with Crippen molar-refractivity contribution in [2.75, 3.05) is 13.2 Å². The fourth-order valence-electron chi connectivity index (χ4n) is 2.23. The van der Waals surface area contributed by atoms with Gasteiger partial charge in [0, 0.05) is 17.8 Å². The molecule has 21 heavy (non-hydrogen) atoms. The molecular formula is C18H24N2O. The first-order valence-electron chi connectivity index (χ1n) is 7.65. The Morgan fingerprint density at radius 2 is 1.81 bits per heavy atom. The highest BCUT2D eigenvalue weighted by molar-refractivity contribution is 5.60. The van der Waals surface area contributed by atoms with Crippen LogP contribution in [0.5, 0.6) is 5.75 Å². The number of nitrogens with one attached hydrogen (secondary N) is 1. The number of benzene rings is 1. The maximum absolute atomic E-state index is 5.47. The number of aromatic nitrogens is 1. The average molecular weight is 284 g/mol. The summed E-state index contributed by atoms with van der Waals surface area (Å²) in [6.45, 7) is 8.85. The van der Waals surface area contributed by atoms with E-state index in [4.69, 9.17) is 9.72 Å². The number of hydrogen-bond acceptors (Lipinski definition) is 3. The largest absolute Gasteiger partial charge is 0.494 e. The van der Waals surface area contributed by atoms with Crippen LogP contribution in [0.4, 0.5) is 0 Å². The summed E-state index contributed by atoms with van der Waals surface area (Å²) >= 11 is 0. The molecule has 0 aliphatic heterocycles. The number of hydrogen-bond donors (Lipinski definition) is 1. The van der Waals surface area contributed by atoms with Crippen LogP contribution in [0.2, 0.25) is 0 Å². The lowest BCUT2D eigenvalue weighted by atomic mass is 10.1. The van der Waals surface area contributed by atoms with Gasteiger partial charge in [0.25, 0.3) is 0 Å². The van der Waals surface area contributed by atoms with Gasteiger partial charge in [-0.3, -0.25) is 4.98 Å². The highest BCUT2D eigenvalue weighted by Gasteiger charge is 2.04. The van der Waals surface area contributed by atoms with E-state index in [-0.39, 0.29) is 0 Å². The first kappa shape index (κ1) is 15.5. The minimum atomic E-state index is 0.691. The zero-order valence-corrected chi connectivity index (χ0v) is 13.1. The molecule has 0 aliphatic rings. The lowest BCUT2D eigenvalue weighted by Crippen LogP contribution is -2.15. The SMILES string of the molecule is CCCNCc1ccc(-c2ccc(OCC)cc2)nc1C. The predicted molar refractivity (Wildman–Crippen MR) is 87.6 cm³/mol. The van der Waals surface area contributed by atoms with E-state index in [2.05, 4.69) is 43.4 Å². The predicted octanol–water partition coefficient (Wildman–Crippen LogP) is 3.96. The molecule has 3 nitrogen and oxygen atoms in total. The maximum Gasteiger partial charge on any atom is 0.119 e. The number of aryl methyl sites for hydroxylation is 1. The molecule has 0 amide bonds. The summed E-state index contributed by atoms with van der Waals surface area (Å²) in [7, 11) is 0. The van der Waals surface area contributed by atoms with Crippen molar-refractivity contribution in [3.05, 3.63) is 47.7 Å². The van der Waals surface area contributed by atoms with Crippen LogP contribution in [0.15, 0.2) is 36.4 Å². The van der Waals surface area contributed by atoms with E-state index in [9.17, 15) is 0 Å². The smallest absolute Gasteiger partial charge is 0.119 e. The van der Waals surface area contributed by atoms with E-state index in [1.54, 1.807) is 0 Å². The molecule has 0 unspecified atom stereocenters. The van der Waals surface area contributed by atoms with Crippen LogP contribution in [-0.2, 0) is 6.54 Å². The van der Waals surface area contributed by atoms with Gasteiger partial charge in [-0.05, 0) is 62.7 Å². The first-order valence-corrected chi connectivity index (χ1v) is 7.65. The Morgan fingerprint density at radius 3 is 2.43 bits per heavy atom. The molecule has 0 radical (unpaired) electrons. The summed E-state index contributed by atoms with van der Waals surface area (Å²) in [5, 5.41) is 3.42. The minimum Gasteiger partial charge on any atom is -0.494 e. The lowest BCUT2D eigenvalue weighted by molar-refractivity contribution is 0.340. The van der Waals surface area contributed by atoms with Crippen LogP contribution in [0.1, 0.15) is 31.5 Å². The molecule has 3 heteroatoms. The van der Waals surface area contributed by atoms with Crippen molar-refractivity contribution in [3.8, 4) is 17.0 Å². The van der Waals surface area contributed by atoms with Gasteiger partial charge in [0.15, 0.2) is 0 Å². The van der Waals surface area contributed by atoms with Gasteiger partial charge in [-0.1, -0.05) is 13.0 Å². The maximum atomic E-state index is 5.47. The van der Waals surface area contributed by atoms with E-state index >= 15 is 0 Å². The standard InChI is InChI=1S/C18H24N2O/c1-4-12-19-13-16-8-11-18(20-14(16)3)15-6-9-17(10-7-15)21-5-2/h6-11,19H,4-5,12-13H2,1-3H3. The van der Waals surface area contributed by atoms with Gasteiger partial charge in [-0.25, -0.2) is 0 Å². The topological polar surface area (TPSA) is 34.1 Å². The molecule has 112 valence electrons. The minimum absolute atomic E-state index is 0.691. The Labute approximate surface area is 127 Å². The van der Waals surface area contributed by atoms with E-state index in [1.165, 1.54) is 5.56 Å². The number of ether oxygens (including phenoxy) is 1. The summed E-state index contributed by atoms with van der Waals surface area (Å²) in [4.78, 5) is 4.72. The molecule has 2 rings (SSSR count). The lowest BCUT2D eigenvalue weighted by Gasteiger charge is -2.09. The third-order valence-electron chi connectivity index (χ3n) is 3.40. The normalized spacial score (nSPS) is 10.6. The van der Waals surface area contributed by atoms with E-state index in [0.717, 1.165) is 42.2 Å². The van der Waals surface area contributed by atoms with E-state index in [0.29, 0.717) is 6.61 Å². The van der Waals surface area contributed by atoms with Gasteiger partial charge in [0.05, 0.1) is 12.3 Å². The quantitative estimate of drug-likeness (QED) is 0.782.